The predicted octanol–water partition coefficient (Wildman–Crippen LogP) is 2.01. The zero-order chi connectivity index (χ0) is 23.3. The molecule has 2 aromatic carbocycles. The molecule has 0 saturated heterocycles. The maximum atomic E-state index is 12.2. The molecule has 0 unspecified atom stereocenters. The molecular weight excluding hydrogens is 428 g/mol. The summed E-state index contributed by atoms with van der Waals surface area (Å²) < 4.78 is 27.3. The van der Waals surface area contributed by atoms with E-state index in [1.54, 1.807) is 30.3 Å². The van der Waals surface area contributed by atoms with Gasteiger partial charge in [-0.2, -0.15) is 0 Å². The second-order valence-electron chi connectivity index (χ2n) is 7.14. The van der Waals surface area contributed by atoms with Crippen LogP contribution in [0.1, 0.15) is 20.7 Å². The van der Waals surface area contributed by atoms with E-state index in [2.05, 4.69) is 0 Å². The SMILES string of the molecule is Nc1ccccc1OCCOCCOCCOCCOCCN1C(=O)c2ccccc2C1=O. The maximum Gasteiger partial charge on any atom is 0.261 e. The van der Waals surface area contributed by atoms with Crippen LogP contribution in [0.25, 0.3) is 0 Å². The lowest BCUT2D eigenvalue weighted by Crippen LogP contribution is -2.33. The van der Waals surface area contributed by atoms with Crippen molar-refractivity contribution in [2.45, 2.75) is 0 Å². The highest BCUT2D eigenvalue weighted by atomic mass is 16.6. The molecule has 0 bridgehead atoms. The lowest BCUT2D eigenvalue weighted by atomic mass is 10.1. The number of amides is 2. The molecule has 0 aromatic heterocycles. The molecule has 9 nitrogen and oxygen atoms in total. The van der Waals surface area contributed by atoms with Crippen LogP contribution < -0.4 is 10.5 Å². The summed E-state index contributed by atoms with van der Waals surface area (Å²) in [6.45, 7) is 3.97. The summed E-state index contributed by atoms with van der Waals surface area (Å²) in [6.07, 6.45) is 0. The third-order valence-electron chi connectivity index (χ3n) is 4.86. The molecule has 0 saturated carbocycles. The van der Waals surface area contributed by atoms with Gasteiger partial charge < -0.3 is 29.4 Å². The van der Waals surface area contributed by atoms with Crippen molar-refractivity contribution in [1.29, 1.82) is 0 Å². The Morgan fingerprint density at radius 1 is 0.606 bits per heavy atom. The summed E-state index contributed by atoms with van der Waals surface area (Å²) in [5.41, 5.74) is 7.29. The monoisotopic (exact) mass is 458 g/mol. The van der Waals surface area contributed by atoms with Gasteiger partial charge in [-0.3, -0.25) is 14.5 Å². The summed E-state index contributed by atoms with van der Waals surface area (Å²) in [6, 6.07) is 14.1. The van der Waals surface area contributed by atoms with Crippen molar-refractivity contribution in [3.8, 4) is 5.75 Å². The van der Waals surface area contributed by atoms with E-state index in [9.17, 15) is 9.59 Å². The fraction of sp³-hybridized carbons (Fsp3) is 0.417. The van der Waals surface area contributed by atoms with Gasteiger partial charge in [0.25, 0.3) is 11.8 Å². The zero-order valence-electron chi connectivity index (χ0n) is 18.6. The van der Waals surface area contributed by atoms with Gasteiger partial charge in [0.2, 0.25) is 0 Å². The molecule has 33 heavy (non-hydrogen) atoms. The van der Waals surface area contributed by atoms with Gasteiger partial charge in [-0.1, -0.05) is 24.3 Å². The summed E-state index contributed by atoms with van der Waals surface area (Å²) in [5, 5.41) is 0. The van der Waals surface area contributed by atoms with Crippen LogP contribution in [-0.2, 0) is 18.9 Å². The summed E-state index contributed by atoms with van der Waals surface area (Å²) in [7, 11) is 0. The van der Waals surface area contributed by atoms with Gasteiger partial charge in [0.1, 0.15) is 12.4 Å². The molecule has 2 N–H and O–H groups in total. The van der Waals surface area contributed by atoms with Crippen molar-refractivity contribution in [2.75, 3.05) is 71.7 Å². The third kappa shape index (κ3) is 7.54. The van der Waals surface area contributed by atoms with Crippen molar-refractivity contribution in [2.24, 2.45) is 0 Å². The van der Waals surface area contributed by atoms with E-state index in [1.165, 1.54) is 4.90 Å². The number of fused-ring (bicyclic) bond motifs is 1. The number of nitrogens with two attached hydrogens (primary N) is 1. The van der Waals surface area contributed by atoms with E-state index in [0.29, 0.717) is 75.4 Å². The average Bonchev–Trinajstić information content (AvgIpc) is 3.07. The predicted molar refractivity (Wildman–Crippen MR) is 121 cm³/mol. The first-order valence-corrected chi connectivity index (χ1v) is 10.9. The van der Waals surface area contributed by atoms with Gasteiger partial charge in [0.15, 0.2) is 0 Å². The maximum absolute atomic E-state index is 12.2. The van der Waals surface area contributed by atoms with Crippen molar-refractivity contribution >= 4 is 17.5 Å². The third-order valence-corrected chi connectivity index (χ3v) is 4.86. The molecule has 0 fully saturated rings. The van der Waals surface area contributed by atoms with Gasteiger partial charge in [-0.05, 0) is 24.3 Å². The van der Waals surface area contributed by atoms with E-state index in [4.69, 9.17) is 29.4 Å². The number of carbonyl (C=O) groups excluding carboxylic acids is 2. The van der Waals surface area contributed by atoms with Gasteiger partial charge in [-0.15, -0.1) is 0 Å². The minimum absolute atomic E-state index is 0.221. The van der Waals surface area contributed by atoms with Crippen LogP contribution >= 0.6 is 0 Å². The number of ether oxygens (including phenoxy) is 5. The number of rotatable bonds is 16. The fourth-order valence-electron chi connectivity index (χ4n) is 3.18. The Kier molecular flexibility index (Phi) is 10.1. The Bertz CT molecular complexity index is 871. The number of imide groups is 1. The normalized spacial score (nSPS) is 12.9. The molecule has 9 heteroatoms. The van der Waals surface area contributed by atoms with Crippen molar-refractivity contribution < 1.29 is 33.3 Å². The summed E-state index contributed by atoms with van der Waals surface area (Å²) in [4.78, 5) is 25.7. The molecule has 0 radical (unpaired) electrons. The molecule has 1 aliphatic heterocycles. The smallest absolute Gasteiger partial charge is 0.261 e. The molecule has 3 rings (SSSR count). The fourth-order valence-corrected chi connectivity index (χ4v) is 3.18. The average molecular weight is 459 g/mol. The van der Waals surface area contributed by atoms with Crippen LogP contribution in [0, 0.1) is 0 Å². The van der Waals surface area contributed by atoms with Crippen molar-refractivity contribution in [3.05, 3.63) is 59.7 Å². The van der Waals surface area contributed by atoms with Crippen LogP contribution in [-0.4, -0.2) is 82.7 Å². The number of hydrogen-bond acceptors (Lipinski definition) is 8. The van der Waals surface area contributed by atoms with Gasteiger partial charge in [-0.25, -0.2) is 0 Å². The van der Waals surface area contributed by atoms with E-state index in [-0.39, 0.29) is 25.0 Å². The highest BCUT2D eigenvalue weighted by Crippen LogP contribution is 2.22. The van der Waals surface area contributed by atoms with E-state index in [1.807, 2.05) is 18.2 Å². The standard InChI is InChI=1S/C24H30N2O7/c25-21-7-3-4-8-22(21)33-18-17-32-16-15-31-14-13-30-12-11-29-10-9-26-23(27)19-5-1-2-6-20(19)24(26)28/h1-8H,9-18,25H2. The second-order valence-corrected chi connectivity index (χ2v) is 7.14. The van der Waals surface area contributed by atoms with Gasteiger partial charge in [0.05, 0.1) is 76.2 Å². The number of benzene rings is 2. The minimum atomic E-state index is -0.273. The molecule has 0 spiro atoms. The van der Waals surface area contributed by atoms with E-state index in [0.717, 1.165) is 0 Å². The largest absolute Gasteiger partial charge is 0.489 e. The summed E-state index contributed by atoms with van der Waals surface area (Å²) >= 11 is 0. The van der Waals surface area contributed by atoms with Gasteiger partial charge in [0, 0.05) is 0 Å². The topological polar surface area (TPSA) is 110 Å². The molecule has 178 valence electrons. The summed E-state index contributed by atoms with van der Waals surface area (Å²) in [5.74, 6) is 0.108. The number of hydrogen-bond donors (Lipinski definition) is 1. The number of carbonyl (C=O) groups is 2. The molecule has 0 aliphatic carbocycles. The second kappa shape index (κ2) is 13.5. The van der Waals surface area contributed by atoms with Crippen LogP contribution in [0.5, 0.6) is 5.75 Å². The number of nitrogens with zero attached hydrogens (tertiary/aromatic N) is 1. The highest BCUT2D eigenvalue weighted by molar-refractivity contribution is 6.21. The minimum Gasteiger partial charge on any atom is -0.489 e. The van der Waals surface area contributed by atoms with E-state index < -0.39 is 0 Å². The first kappa shape index (κ1) is 24.7. The quantitative estimate of drug-likeness (QED) is 0.231. The molecule has 2 aromatic rings. The highest BCUT2D eigenvalue weighted by Gasteiger charge is 2.34. The molecule has 2 amide bonds. The molecule has 1 heterocycles. The van der Waals surface area contributed by atoms with Crippen molar-refractivity contribution in [1.82, 2.24) is 4.90 Å². The first-order chi connectivity index (χ1) is 16.2. The zero-order valence-corrected chi connectivity index (χ0v) is 18.6. The van der Waals surface area contributed by atoms with Gasteiger partial charge >= 0.3 is 0 Å². The lowest BCUT2D eigenvalue weighted by Gasteiger charge is -2.13. The Hall–Kier alpha value is -2.98. The van der Waals surface area contributed by atoms with Crippen LogP contribution in [0.2, 0.25) is 0 Å². The number of anilines is 1. The molecule has 1 aliphatic rings. The Balaban J connectivity index is 1.09. The Morgan fingerprint density at radius 2 is 1.06 bits per heavy atom. The van der Waals surface area contributed by atoms with Crippen LogP contribution in [0.15, 0.2) is 48.5 Å². The Labute approximate surface area is 193 Å². The molecule has 0 atom stereocenters. The van der Waals surface area contributed by atoms with Crippen LogP contribution in [0.4, 0.5) is 5.69 Å². The van der Waals surface area contributed by atoms with E-state index >= 15 is 0 Å². The number of para-hydroxylation sites is 2. The number of nitrogen functional groups attached to an aromatic ring is 1. The first-order valence-electron chi connectivity index (χ1n) is 10.9. The lowest BCUT2D eigenvalue weighted by molar-refractivity contribution is -0.00575. The van der Waals surface area contributed by atoms with Crippen molar-refractivity contribution in [3.63, 3.8) is 0 Å². The van der Waals surface area contributed by atoms with Crippen LogP contribution in [0.3, 0.4) is 0 Å². The Morgan fingerprint density at radius 3 is 1.61 bits per heavy atom. The molecular formula is C24H30N2O7.